The van der Waals surface area contributed by atoms with E-state index in [-0.39, 0.29) is 0 Å². The summed E-state index contributed by atoms with van der Waals surface area (Å²) in [6.07, 6.45) is 0.668. The van der Waals surface area contributed by atoms with Gasteiger partial charge in [-0.05, 0) is 36.7 Å². The van der Waals surface area contributed by atoms with Crippen molar-refractivity contribution in [2.24, 2.45) is 5.73 Å². The Morgan fingerprint density at radius 2 is 1.90 bits per heavy atom. The molecule has 0 radical (unpaired) electrons. The molecule has 3 nitrogen and oxygen atoms in total. The van der Waals surface area contributed by atoms with Crippen molar-refractivity contribution >= 4 is 23.2 Å². The van der Waals surface area contributed by atoms with Gasteiger partial charge in [0.2, 0.25) is 0 Å². The van der Waals surface area contributed by atoms with Crippen LogP contribution in [0.5, 0.6) is 11.5 Å². The molecule has 0 saturated carbocycles. The maximum Gasteiger partial charge on any atom is 0.164 e. The van der Waals surface area contributed by atoms with Crippen LogP contribution in [0.3, 0.4) is 0 Å². The van der Waals surface area contributed by atoms with Gasteiger partial charge in [0.1, 0.15) is 6.61 Å². The maximum atomic E-state index is 6.08. The van der Waals surface area contributed by atoms with Crippen molar-refractivity contribution in [1.29, 1.82) is 0 Å². The molecule has 5 heteroatoms. The van der Waals surface area contributed by atoms with E-state index < -0.39 is 0 Å². The van der Waals surface area contributed by atoms with Crippen LogP contribution < -0.4 is 15.2 Å². The third kappa shape index (κ3) is 4.27. The van der Waals surface area contributed by atoms with Gasteiger partial charge < -0.3 is 15.2 Å². The van der Waals surface area contributed by atoms with Gasteiger partial charge in [0, 0.05) is 21.7 Å². The molecule has 0 spiro atoms. The summed E-state index contributed by atoms with van der Waals surface area (Å²) >= 11 is 12.1. The standard InChI is InChI=1S/C16H17Cl2NO2/c1-20-15-9-14(18)8-12(5-6-19)16(15)21-10-11-3-2-4-13(17)7-11/h2-4,7-9H,5-6,10,19H2,1H3. The molecule has 2 N–H and O–H groups in total. The predicted octanol–water partition coefficient (Wildman–Crippen LogP) is 4.08. The maximum absolute atomic E-state index is 6.08. The Morgan fingerprint density at radius 3 is 2.57 bits per heavy atom. The Hall–Kier alpha value is -1.42. The smallest absolute Gasteiger partial charge is 0.164 e. The first-order valence-electron chi connectivity index (χ1n) is 6.57. The Balaban J connectivity index is 2.25. The number of benzene rings is 2. The minimum atomic E-state index is 0.399. The number of halogens is 2. The number of nitrogens with two attached hydrogens (primary N) is 1. The van der Waals surface area contributed by atoms with E-state index in [2.05, 4.69) is 0 Å². The molecule has 0 atom stereocenters. The third-order valence-electron chi connectivity index (χ3n) is 3.00. The summed E-state index contributed by atoms with van der Waals surface area (Å²) in [6.45, 7) is 0.910. The molecule has 0 aromatic heterocycles. The summed E-state index contributed by atoms with van der Waals surface area (Å²) in [5, 5.41) is 1.28. The van der Waals surface area contributed by atoms with E-state index in [0.717, 1.165) is 11.1 Å². The van der Waals surface area contributed by atoms with Gasteiger partial charge >= 0.3 is 0 Å². The predicted molar refractivity (Wildman–Crippen MR) is 86.5 cm³/mol. The van der Waals surface area contributed by atoms with Gasteiger partial charge in [-0.25, -0.2) is 0 Å². The molecule has 0 aliphatic carbocycles. The molecule has 0 aliphatic rings. The molecular formula is C16H17Cl2NO2. The van der Waals surface area contributed by atoms with Crippen LogP contribution in [0.2, 0.25) is 10.0 Å². The summed E-state index contributed by atoms with van der Waals surface area (Å²) in [7, 11) is 1.59. The molecule has 112 valence electrons. The fraction of sp³-hybridized carbons (Fsp3) is 0.250. The minimum absolute atomic E-state index is 0.399. The van der Waals surface area contributed by atoms with E-state index in [1.54, 1.807) is 13.2 Å². The molecule has 2 aromatic rings. The largest absolute Gasteiger partial charge is 0.493 e. The lowest BCUT2D eigenvalue weighted by molar-refractivity contribution is 0.281. The van der Waals surface area contributed by atoms with Gasteiger partial charge in [-0.3, -0.25) is 0 Å². The van der Waals surface area contributed by atoms with Crippen molar-refractivity contribution < 1.29 is 9.47 Å². The van der Waals surface area contributed by atoms with Gasteiger partial charge in [-0.1, -0.05) is 35.3 Å². The first-order chi connectivity index (χ1) is 10.1. The van der Waals surface area contributed by atoms with Crippen LogP contribution in [0.4, 0.5) is 0 Å². The lowest BCUT2D eigenvalue weighted by Crippen LogP contribution is -2.07. The third-order valence-corrected chi connectivity index (χ3v) is 3.46. The van der Waals surface area contributed by atoms with Crippen molar-refractivity contribution in [3.8, 4) is 11.5 Å². The van der Waals surface area contributed by atoms with Crippen LogP contribution in [-0.4, -0.2) is 13.7 Å². The zero-order valence-corrected chi connectivity index (χ0v) is 13.2. The summed E-state index contributed by atoms with van der Waals surface area (Å²) < 4.78 is 11.3. The molecule has 0 fully saturated rings. The number of hydrogen-bond donors (Lipinski definition) is 1. The Labute approximate surface area is 134 Å². The van der Waals surface area contributed by atoms with Crippen molar-refractivity contribution in [2.75, 3.05) is 13.7 Å². The Kier molecular flexibility index (Phi) is 5.74. The van der Waals surface area contributed by atoms with Crippen molar-refractivity contribution in [3.05, 3.63) is 57.6 Å². The molecular weight excluding hydrogens is 309 g/mol. The lowest BCUT2D eigenvalue weighted by Gasteiger charge is -2.15. The second kappa shape index (κ2) is 7.55. The quantitative estimate of drug-likeness (QED) is 0.870. The molecule has 0 heterocycles. The number of ether oxygens (including phenoxy) is 2. The van der Waals surface area contributed by atoms with Crippen molar-refractivity contribution in [2.45, 2.75) is 13.0 Å². The molecule has 21 heavy (non-hydrogen) atoms. The highest BCUT2D eigenvalue weighted by Crippen LogP contribution is 2.35. The first-order valence-corrected chi connectivity index (χ1v) is 7.33. The molecule has 0 saturated heterocycles. The average Bonchev–Trinajstić information content (AvgIpc) is 2.46. The average molecular weight is 326 g/mol. The van der Waals surface area contributed by atoms with Crippen LogP contribution in [0.1, 0.15) is 11.1 Å². The topological polar surface area (TPSA) is 44.5 Å². The van der Waals surface area contributed by atoms with Gasteiger partial charge in [-0.2, -0.15) is 0 Å². The number of hydrogen-bond acceptors (Lipinski definition) is 3. The van der Waals surface area contributed by atoms with Gasteiger partial charge in [0.05, 0.1) is 7.11 Å². The fourth-order valence-corrected chi connectivity index (χ4v) is 2.51. The number of methoxy groups -OCH3 is 1. The molecule has 0 bridgehead atoms. The fourth-order valence-electron chi connectivity index (χ4n) is 2.06. The highest BCUT2D eigenvalue weighted by atomic mass is 35.5. The summed E-state index contributed by atoms with van der Waals surface area (Å²) in [4.78, 5) is 0. The van der Waals surface area contributed by atoms with E-state index in [4.69, 9.17) is 38.4 Å². The monoisotopic (exact) mass is 325 g/mol. The van der Waals surface area contributed by atoms with E-state index in [9.17, 15) is 0 Å². The summed E-state index contributed by atoms with van der Waals surface area (Å²) in [6, 6.07) is 11.1. The summed E-state index contributed by atoms with van der Waals surface area (Å²) in [5.41, 5.74) is 7.56. The Morgan fingerprint density at radius 1 is 1.10 bits per heavy atom. The van der Waals surface area contributed by atoms with Crippen LogP contribution in [-0.2, 0) is 13.0 Å². The SMILES string of the molecule is COc1cc(Cl)cc(CCN)c1OCc1cccc(Cl)c1. The summed E-state index contributed by atoms with van der Waals surface area (Å²) in [5.74, 6) is 1.28. The minimum Gasteiger partial charge on any atom is -0.493 e. The van der Waals surface area contributed by atoms with E-state index in [0.29, 0.717) is 41.1 Å². The molecule has 0 amide bonds. The second-order valence-electron chi connectivity index (χ2n) is 4.55. The van der Waals surface area contributed by atoms with Crippen molar-refractivity contribution in [1.82, 2.24) is 0 Å². The number of rotatable bonds is 6. The highest BCUT2D eigenvalue weighted by molar-refractivity contribution is 6.31. The highest BCUT2D eigenvalue weighted by Gasteiger charge is 2.12. The van der Waals surface area contributed by atoms with Crippen molar-refractivity contribution in [3.63, 3.8) is 0 Å². The van der Waals surface area contributed by atoms with E-state index in [1.807, 2.05) is 30.3 Å². The van der Waals surface area contributed by atoms with E-state index in [1.165, 1.54) is 0 Å². The first kappa shape index (κ1) is 16.0. The van der Waals surface area contributed by atoms with Crippen LogP contribution in [0.25, 0.3) is 0 Å². The lowest BCUT2D eigenvalue weighted by atomic mass is 10.1. The zero-order valence-electron chi connectivity index (χ0n) is 11.7. The van der Waals surface area contributed by atoms with Gasteiger partial charge in [0.25, 0.3) is 0 Å². The van der Waals surface area contributed by atoms with Gasteiger partial charge in [0.15, 0.2) is 11.5 Å². The Bertz CT molecular complexity index is 617. The normalized spacial score (nSPS) is 10.5. The zero-order chi connectivity index (χ0) is 15.2. The molecule has 2 rings (SSSR count). The molecule has 0 aliphatic heterocycles. The van der Waals surface area contributed by atoms with Crippen LogP contribution >= 0.6 is 23.2 Å². The molecule has 2 aromatic carbocycles. The van der Waals surface area contributed by atoms with Crippen LogP contribution in [0, 0.1) is 0 Å². The van der Waals surface area contributed by atoms with E-state index >= 15 is 0 Å². The second-order valence-corrected chi connectivity index (χ2v) is 5.43. The molecule has 0 unspecified atom stereocenters. The van der Waals surface area contributed by atoms with Crippen LogP contribution in [0.15, 0.2) is 36.4 Å². The van der Waals surface area contributed by atoms with Gasteiger partial charge in [-0.15, -0.1) is 0 Å².